The predicted octanol–water partition coefficient (Wildman–Crippen LogP) is 6.15. The Morgan fingerprint density at radius 3 is 2.46 bits per heavy atom. The molecule has 8 nitrogen and oxygen atoms in total. The van der Waals surface area contributed by atoms with Crippen LogP contribution in [-0.4, -0.2) is 36.2 Å². The highest BCUT2D eigenvalue weighted by atomic mass is 35.5. The topological polar surface area (TPSA) is 88.1 Å². The minimum atomic E-state index is -0.339. The first-order valence-electron chi connectivity index (χ1n) is 11.6. The minimum absolute atomic E-state index is 0.0779. The van der Waals surface area contributed by atoms with Gasteiger partial charge in [-0.3, -0.25) is 4.79 Å². The molecule has 2 heterocycles. The second-order valence-corrected chi connectivity index (χ2v) is 8.96. The van der Waals surface area contributed by atoms with Gasteiger partial charge in [-0.15, -0.1) is 0 Å². The van der Waals surface area contributed by atoms with Crippen LogP contribution in [0.3, 0.4) is 0 Å². The van der Waals surface area contributed by atoms with Gasteiger partial charge in [-0.2, -0.15) is 9.78 Å². The molecule has 0 aliphatic carbocycles. The molecule has 0 fully saturated rings. The van der Waals surface area contributed by atoms with Crippen LogP contribution in [0.5, 0.6) is 17.2 Å². The standard InChI is InChI=1S/C28H24ClN3O5/c1-16(2)36-26-23(34-3)11-17(12-24(26)35-4)15-30-32-27(31-21-8-6-5-7-20(21)28(32)33)25-14-18-13-19(29)9-10-22(18)37-25/h5-16H,1-4H3. The molecule has 0 amide bonds. The zero-order valence-corrected chi connectivity index (χ0v) is 21.4. The molecule has 5 aromatic rings. The van der Waals surface area contributed by atoms with Gasteiger partial charge in [0, 0.05) is 16.0 Å². The Balaban J connectivity index is 1.67. The van der Waals surface area contributed by atoms with E-state index in [0.29, 0.717) is 50.1 Å². The first-order valence-corrected chi connectivity index (χ1v) is 11.9. The van der Waals surface area contributed by atoms with Crippen LogP contribution in [0.15, 0.2) is 75.0 Å². The summed E-state index contributed by atoms with van der Waals surface area (Å²) in [5.41, 5.74) is 1.44. The Hall–Kier alpha value is -4.30. The average Bonchev–Trinajstić information content (AvgIpc) is 3.31. The summed E-state index contributed by atoms with van der Waals surface area (Å²) < 4.78 is 24.2. The number of halogens is 1. The summed E-state index contributed by atoms with van der Waals surface area (Å²) >= 11 is 6.15. The molecule has 2 aromatic heterocycles. The van der Waals surface area contributed by atoms with Crippen molar-refractivity contribution in [2.24, 2.45) is 5.10 Å². The van der Waals surface area contributed by atoms with Crippen molar-refractivity contribution in [1.29, 1.82) is 0 Å². The van der Waals surface area contributed by atoms with Gasteiger partial charge in [0.25, 0.3) is 5.56 Å². The van der Waals surface area contributed by atoms with Gasteiger partial charge < -0.3 is 18.6 Å². The van der Waals surface area contributed by atoms with Crippen molar-refractivity contribution >= 4 is 39.7 Å². The van der Waals surface area contributed by atoms with Gasteiger partial charge in [-0.1, -0.05) is 23.7 Å². The average molecular weight is 518 g/mol. The summed E-state index contributed by atoms with van der Waals surface area (Å²) in [5, 5.41) is 6.31. The van der Waals surface area contributed by atoms with E-state index in [1.165, 1.54) is 10.9 Å². The number of rotatable bonds is 7. The quantitative estimate of drug-likeness (QED) is 0.241. The highest BCUT2D eigenvalue weighted by Crippen LogP contribution is 2.39. The summed E-state index contributed by atoms with van der Waals surface area (Å²) in [6.07, 6.45) is 1.45. The normalized spacial score (nSPS) is 11.6. The van der Waals surface area contributed by atoms with Crippen molar-refractivity contribution in [2.45, 2.75) is 20.0 Å². The highest BCUT2D eigenvalue weighted by Gasteiger charge is 2.18. The molecule has 0 aliphatic heterocycles. The fourth-order valence-electron chi connectivity index (χ4n) is 3.97. The van der Waals surface area contributed by atoms with Gasteiger partial charge >= 0.3 is 0 Å². The van der Waals surface area contributed by atoms with Gasteiger partial charge in [0.1, 0.15) is 5.58 Å². The number of furan rings is 1. The van der Waals surface area contributed by atoms with Crippen molar-refractivity contribution in [3.05, 3.63) is 81.6 Å². The molecule has 0 spiro atoms. The Bertz CT molecular complexity index is 1680. The van der Waals surface area contributed by atoms with Gasteiger partial charge in [0.15, 0.2) is 17.3 Å². The maximum Gasteiger partial charge on any atom is 0.282 e. The van der Waals surface area contributed by atoms with Crippen LogP contribution in [0, 0.1) is 0 Å². The van der Waals surface area contributed by atoms with Crippen LogP contribution < -0.4 is 19.8 Å². The Morgan fingerprint density at radius 2 is 1.76 bits per heavy atom. The molecule has 3 aromatic carbocycles. The van der Waals surface area contributed by atoms with E-state index in [9.17, 15) is 4.79 Å². The largest absolute Gasteiger partial charge is 0.493 e. The minimum Gasteiger partial charge on any atom is -0.493 e. The monoisotopic (exact) mass is 517 g/mol. The predicted molar refractivity (Wildman–Crippen MR) is 145 cm³/mol. The van der Waals surface area contributed by atoms with Crippen LogP contribution in [0.1, 0.15) is 19.4 Å². The molecular formula is C28H24ClN3O5. The number of hydrogen-bond donors (Lipinski definition) is 0. The zero-order chi connectivity index (χ0) is 26.1. The second-order valence-electron chi connectivity index (χ2n) is 8.53. The number of aromatic nitrogens is 2. The van der Waals surface area contributed by atoms with Crippen molar-refractivity contribution < 1.29 is 18.6 Å². The van der Waals surface area contributed by atoms with Crippen LogP contribution in [0.25, 0.3) is 33.5 Å². The van der Waals surface area contributed by atoms with Crippen LogP contribution in [0.2, 0.25) is 5.02 Å². The molecule has 0 saturated carbocycles. The third-order valence-corrected chi connectivity index (χ3v) is 5.85. The molecule has 0 radical (unpaired) electrons. The van der Waals surface area contributed by atoms with Crippen LogP contribution >= 0.6 is 11.6 Å². The van der Waals surface area contributed by atoms with Gasteiger partial charge in [-0.25, -0.2) is 4.98 Å². The fraction of sp³-hybridized carbons (Fsp3) is 0.179. The van der Waals surface area contributed by atoms with Gasteiger partial charge in [0.05, 0.1) is 37.4 Å². The molecule has 0 bridgehead atoms. The Labute approximate surface area is 217 Å². The van der Waals surface area contributed by atoms with Gasteiger partial charge in [-0.05, 0) is 62.4 Å². The zero-order valence-electron chi connectivity index (χ0n) is 20.7. The van der Waals surface area contributed by atoms with Crippen molar-refractivity contribution in [3.63, 3.8) is 0 Å². The number of para-hydroxylation sites is 1. The number of methoxy groups -OCH3 is 2. The first kappa shape index (κ1) is 24.4. The van der Waals surface area contributed by atoms with Crippen molar-refractivity contribution in [2.75, 3.05) is 14.2 Å². The van der Waals surface area contributed by atoms with E-state index >= 15 is 0 Å². The third kappa shape index (κ3) is 4.75. The lowest BCUT2D eigenvalue weighted by atomic mass is 10.2. The summed E-state index contributed by atoms with van der Waals surface area (Å²) in [6.45, 7) is 3.84. The SMILES string of the molecule is COc1cc(C=Nn2c(-c3cc4cc(Cl)ccc4o3)nc3ccccc3c2=O)cc(OC)c1OC(C)C. The maximum atomic E-state index is 13.5. The molecule has 9 heteroatoms. The molecule has 37 heavy (non-hydrogen) atoms. The van der Waals surface area contributed by atoms with Crippen molar-refractivity contribution in [1.82, 2.24) is 9.66 Å². The summed E-state index contributed by atoms with van der Waals surface area (Å²) in [6, 6.07) is 17.7. The molecule has 188 valence electrons. The number of fused-ring (bicyclic) bond motifs is 2. The summed E-state index contributed by atoms with van der Waals surface area (Å²) in [5.74, 6) is 2.09. The van der Waals surface area contributed by atoms with E-state index < -0.39 is 0 Å². The lowest BCUT2D eigenvalue weighted by Crippen LogP contribution is -2.20. The Morgan fingerprint density at radius 1 is 1.03 bits per heavy atom. The molecular weight excluding hydrogens is 494 g/mol. The molecule has 5 rings (SSSR count). The van der Waals surface area contributed by atoms with E-state index in [-0.39, 0.29) is 17.5 Å². The molecule has 0 aliphatic rings. The van der Waals surface area contributed by atoms with Crippen LogP contribution in [-0.2, 0) is 0 Å². The Kier molecular flexibility index (Phi) is 6.58. The highest BCUT2D eigenvalue weighted by molar-refractivity contribution is 6.31. The lowest BCUT2D eigenvalue weighted by Gasteiger charge is -2.17. The lowest BCUT2D eigenvalue weighted by molar-refractivity contribution is 0.218. The number of hydrogen-bond acceptors (Lipinski definition) is 7. The number of ether oxygens (including phenoxy) is 3. The summed E-state index contributed by atoms with van der Waals surface area (Å²) in [7, 11) is 3.10. The second kappa shape index (κ2) is 9.99. The molecule has 0 saturated heterocycles. The van der Waals surface area contributed by atoms with E-state index in [1.807, 2.05) is 19.9 Å². The fourth-order valence-corrected chi connectivity index (χ4v) is 4.15. The van der Waals surface area contributed by atoms with Gasteiger partial charge in [0.2, 0.25) is 11.6 Å². The number of nitrogens with zero attached hydrogens (tertiary/aromatic N) is 3. The van der Waals surface area contributed by atoms with E-state index in [0.717, 1.165) is 5.39 Å². The van der Waals surface area contributed by atoms with Crippen LogP contribution in [0.4, 0.5) is 0 Å². The maximum absolute atomic E-state index is 13.5. The van der Waals surface area contributed by atoms with Crippen molar-refractivity contribution in [3.8, 4) is 28.8 Å². The van der Waals surface area contributed by atoms with E-state index in [2.05, 4.69) is 5.10 Å². The molecule has 0 N–H and O–H groups in total. The number of benzene rings is 3. The molecule has 0 atom stereocenters. The third-order valence-electron chi connectivity index (χ3n) is 5.61. The smallest absolute Gasteiger partial charge is 0.282 e. The first-order chi connectivity index (χ1) is 17.9. The van der Waals surface area contributed by atoms with E-state index in [1.54, 1.807) is 68.8 Å². The summed E-state index contributed by atoms with van der Waals surface area (Å²) in [4.78, 5) is 18.2. The van der Waals surface area contributed by atoms with E-state index in [4.69, 9.17) is 35.2 Å². The molecule has 0 unspecified atom stereocenters.